The fourth-order valence-corrected chi connectivity index (χ4v) is 3.21. The number of rotatable bonds is 4. The molecular formula is C21H24N+. The van der Waals surface area contributed by atoms with Crippen molar-refractivity contribution >= 4 is 0 Å². The molecule has 0 amide bonds. The van der Waals surface area contributed by atoms with E-state index in [1.165, 1.54) is 37.1 Å². The maximum Gasteiger partial charge on any atom is 0.139 e. The number of hydrogen-bond donors (Lipinski definition) is 1. The van der Waals surface area contributed by atoms with Crippen molar-refractivity contribution in [1.82, 2.24) is 0 Å². The van der Waals surface area contributed by atoms with Gasteiger partial charge in [-0.1, -0.05) is 66.6 Å². The lowest BCUT2D eigenvalue weighted by molar-refractivity contribution is -0.879. The van der Waals surface area contributed by atoms with E-state index in [2.05, 4.69) is 72.5 Å². The number of benzene rings is 2. The van der Waals surface area contributed by atoms with Gasteiger partial charge in [0.1, 0.15) is 6.54 Å². The maximum absolute atomic E-state index is 3.44. The van der Waals surface area contributed by atoms with Crippen LogP contribution in [0.1, 0.15) is 36.3 Å². The predicted molar refractivity (Wildman–Crippen MR) is 91.9 cm³/mol. The molecule has 1 aliphatic heterocycles. The lowest BCUT2D eigenvalue weighted by Gasteiger charge is -2.15. The summed E-state index contributed by atoms with van der Waals surface area (Å²) in [6.45, 7) is 3.61. The van der Waals surface area contributed by atoms with E-state index in [4.69, 9.17) is 0 Å². The summed E-state index contributed by atoms with van der Waals surface area (Å²) in [5, 5.41) is 0. The van der Waals surface area contributed by atoms with Crippen molar-refractivity contribution in [2.75, 3.05) is 19.6 Å². The van der Waals surface area contributed by atoms with Crippen LogP contribution in [-0.2, 0) is 0 Å². The van der Waals surface area contributed by atoms with Crippen molar-refractivity contribution in [3.8, 4) is 11.8 Å². The first-order valence-electron chi connectivity index (χ1n) is 8.32. The second kappa shape index (κ2) is 7.82. The number of likely N-dealkylation sites (tertiary alicyclic amines) is 1. The highest BCUT2D eigenvalue weighted by molar-refractivity contribution is 5.33. The topological polar surface area (TPSA) is 4.44 Å². The van der Waals surface area contributed by atoms with Gasteiger partial charge >= 0.3 is 0 Å². The lowest BCUT2D eigenvalue weighted by Crippen LogP contribution is -3.09. The molecule has 0 bridgehead atoms. The van der Waals surface area contributed by atoms with Gasteiger partial charge in [0.05, 0.1) is 13.1 Å². The first-order valence-corrected chi connectivity index (χ1v) is 8.32. The van der Waals surface area contributed by atoms with Gasteiger partial charge in [-0.05, 0) is 17.0 Å². The molecule has 2 aromatic carbocycles. The van der Waals surface area contributed by atoms with Crippen LogP contribution in [0.25, 0.3) is 0 Å². The van der Waals surface area contributed by atoms with E-state index >= 15 is 0 Å². The Balaban J connectivity index is 1.71. The van der Waals surface area contributed by atoms with Crippen LogP contribution in [-0.4, -0.2) is 19.6 Å². The second-order valence-corrected chi connectivity index (χ2v) is 6.07. The highest BCUT2D eigenvalue weighted by Crippen LogP contribution is 2.27. The van der Waals surface area contributed by atoms with Gasteiger partial charge in [0.2, 0.25) is 0 Å². The Kier molecular flexibility index (Phi) is 5.29. The van der Waals surface area contributed by atoms with Crippen LogP contribution in [0.4, 0.5) is 0 Å². The average molecular weight is 290 g/mol. The molecule has 2 aromatic rings. The summed E-state index contributed by atoms with van der Waals surface area (Å²) in [5.41, 5.74) is 2.72. The standard InChI is InChI=1S/C21H23N/c1-3-11-19(12-4-1)21(20-13-5-2-6-14-20)15-7-8-16-22-17-9-10-18-22/h1-6,11-14,21H,9-10,15-18H2/p+1. The normalized spacial score (nSPS) is 14.8. The van der Waals surface area contributed by atoms with Crippen molar-refractivity contribution in [2.45, 2.75) is 25.2 Å². The number of hydrogen-bond acceptors (Lipinski definition) is 0. The van der Waals surface area contributed by atoms with Crippen molar-refractivity contribution in [2.24, 2.45) is 0 Å². The molecule has 1 heteroatoms. The van der Waals surface area contributed by atoms with Crippen LogP contribution >= 0.6 is 0 Å². The van der Waals surface area contributed by atoms with E-state index in [0.29, 0.717) is 5.92 Å². The van der Waals surface area contributed by atoms with E-state index in [1.807, 2.05) is 0 Å². The molecule has 1 N–H and O–H groups in total. The fourth-order valence-electron chi connectivity index (χ4n) is 3.21. The van der Waals surface area contributed by atoms with Crippen molar-refractivity contribution < 1.29 is 4.90 Å². The summed E-state index contributed by atoms with van der Waals surface area (Å²) in [6.07, 6.45) is 3.64. The van der Waals surface area contributed by atoms with Crippen LogP contribution in [0.15, 0.2) is 60.7 Å². The molecule has 0 aromatic heterocycles. The van der Waals surface area contributed by atoms with Gasteiger partial charge in [-0.3, -0.25) is 0 Å². The molecule has 1 aliphatic rings. The molecule has 1 fully saturated rings. The van der Waals surface area contributed by atoms with Gasteiger partial charge in [0, 0.05) is 25.2 Å². The Labute approximate surface area is 134 Å². The minimum Gasteiger partial charge on any atom is -0.325 e. The summed E-state index contributed by atoms with van der Waals surface area (Å²) in [6, 6.07) is 21.5. The minimum absolute atomic E-state index is 0.378. The van der Waals surface area contributed by atoms with Crippen molar-refractivity contribution in [3.63, 3.8) is 0 Å². The monoisotopic (exact) mass is 290 g/mol. The molecule has 0 atom stereocenters. The van der Waals surface area contributed by atoms with Gasteiger partial charge in [-0.25, -0.2) is 0 Å². The number of nitrogens with one attached hydrogen (secondary N) is 1. The summed E-state index contributed by atoms with van der Waals surface area (Å²) >= 11 is 0. The molecule has 0 spiro atoms. The van der Waals surface area contributed by atoms with E-state index < -0.39 is 0 Å². The summed E-state index contributed by atoms with van der Waals surface area (Å²) in [4.78, 5) is 1.66. The Morgan fingerprint density at radius 1 is 0.773 bits per heavy atom. The first-order chi connectivity index (χ1) is 10.9. The second-order valence-electron chi connectivity index (χ2n) is 6.07. The molecule has 0 unspecified atom stereocenters. The zero-order valence-electron chi connectivity index (χ0n) is 13.1. The highest BCUT2D eigenvalue weighted by Gasteiger charge is 2.14. The largest absolute Gasteiger partial charge is 0.325 e. The zero-order chi connectivity index (χ0) is 15.0. The SMILES string of the molecule is C(#CC[NH+]1CCCC1)CC(c1ccccc1)c1ccccc1. The molecule has 1 nitrogen and oxygen atoms in total. The van der Waals surface area contributed by atoms with E-state index in [0.717, 1.165) is 13.0 Å². The smallest absolute Gasteiger partial charge is 0.139 e. The molecule has 1 saturated heterocycles. The molecule has 0 aliphatic carbocycles. The minimum atomic E-state index is 0.378. The fraction of sp³-hybridized carbons (Fsp3) is 0.333. The Hall–Kier alpha value is -2.04. The zero-order valence-corrected chi connectivity index (χ0v) is 13.1. The third-order valence-corrected chi connectivity index (χ3v) is 4.48. The Morgan fingerprint density at radius 2 is 1.32 bits per heavy atom. The summed E-state index contributed by atoms with van der Waals surface area (Å²) in [5.74, 6) is 7.23. The van der Waals surface area contributed by atoms with Crippen LogP contribution in [0.3, 0.4) is 0 Å². The predicted octanol–water partition coefficient (Wildman–Crippen LogP) is 2.89. The molecule has 22 heavy (non-hydrogen) atoms. The van der Waals surface area contributed by atoms with Crippen LogP contribution in [0.2, 0.25) is 0 Å². The highest BCUT2D eigenvalue weighted by atomic mass is 15.1. The lowest BCUT2D eigenvalue weighted by atomic mass is 9.89. The van der Waals surface area contributed by atoms with E-state index in [-0.39, 0.29) is 0 Å². The summed E-state index contributed by atoms with van der Waals surface area (Å²) in [7, 11) is 0. The van der Waals surface area contributed by atoms with E-state index in [1.54, 1.807) is 4.90 Å². The van der Waals surface area contributed by atoms with Gasteiger partial charge in [0.15, 0.2) is 0 Å². The van der Waals surface area contributed by atoms with Crippen LogP contribution in [0, 0.1) is 11.8 Å². The summed E-state index contributed by atoms with van der Waals surface area (Å²) < 4.78 is 0. The van der Waals surface area contributed by atoms with Gasteiger partial charge < -0.3 is 4.90 Å². The molecule has 3 rings (SSSR count). The average Bonchev–Trinajstić information content (AvgIpc) is 3.10. The third-order valence-electron chi connectivity index (χ3n) is 4.48. The van der Waals surface area contributed by atoms with E-state index in [9.17, 15) is 0 Å². The van der Waals surface area contributed by atoms with Gasteiger partial charge in [-0.2, -0.15) is 0 Å². The molecule has 0 radical (unpaired) electrons. The van der Waals surface area contributed by atoms with Crippen molar-refractivity contribution in [1.29, 1.82) is 0 Å². The molecule has 0 saturated carbocycles. The molecule has 112 valence electrons. The maximum atomic E-state index is 3.44. The number of quaternary nitrogens is 1. The molecule has 1 heterocycles. The van der Waals surface area contributed by atoms with Gasteiger partial charge in [0.25, 0.3) is 0 Å². The Morgan fingerprint density at radius 3 is 1.86 bits per heavy atom. The van der Waals surface area contributed by atoms with Gasteiger partial charge in [-0.15, -0.1) is 0 Å². The van der Waals surface area contributed by atoms with Crippen molar-refractivity contribution in [3.05, 3.63) is 71.8 Å². The quantitative estimate of drug-likeness (QED) is 0.826. The Bertz CT molecular complexity index is 576. The third kappa shape index (κ3) is 4.00. The molecular weight excluding hydrogens is 266 g/mol. The van der Waals surface area contributed by atoms with Crippen LogP contribution in [0.5, 0.6) is 0 Å². The first kappa shape index (κ1) is 14.9. The van der Waals surface area contributed by atoms with Crippen LogP contribution < -0.4 is 4.90 Å².